The SMILES string of the molecule is CCCCN1C(=O)C(=O)/C(=C(\O)c2ccc3c(c2)CCO3)C1c1ccc(OC)cc1. The van der Waals surface area contributed by atoms with E-state index < -0.39 is 17.7 Å². The van der Waals surface area contributed by atoms with E-state index in [-0.39, 0.29) is 11.3 Å². The van der Waals surface area contributed by atoms with Crippen molar-refractivity contribution in [2.75, 3.05) is 20.3 Å². The van der Waals surface area contributed by atoms with E-state index in [1.54, 1.807) is 36.3 Å². The minimum absolute atomic E-state index is 0.125. The standard InChI is InChI=1S/C24H25NO5/c1-3-4-12-25-21(15-5-8-18(29-2)9-6-15)20(23(27)24(25)28)22(26)17-7-10-19-16(14-17)11-13-30-19/h5-10,14,21,26H,3-4,11-13H2,1-2H3/b22-20-. The largest absolute Gasteiger partial charge is 0.507 e. The molecule has 0 saturated carbocycles. The number of hydrogen-bond acceptors (Lipinski definition) is 5. The van der Waals surface area contributed by atoms with E-state index in [4.69, 9.17) is 9.47 Å². The number of carbonyl (C=O) groups excluding carboxylic acids is 2. The van der Waals surface area contributed by atoms with Crippen molar-refractivity contribution >= 4 is 17.4 Å². The summed E-state index contributed by atoms with van der Waals surface area (Å²) in [6.07, 6.45) is 2.42. The highest BCUT2D eigenvalue weighted by molar-refractivity contribution is 6.46. The summed E-state index contributed by atoms with van der Waals surface area (Å²) in [5, 5.41) is 11.1. The smallest absolute Gasteiger partial charge is 0.295 e. The molecule has 1 saturated heterocycles. The van der Waals surface area contributed by atoms with Crippen LogP contribution in [0, 0.1) is 0 Å². The van der Waals surface area contributed by atoms with Crippen molar-refractivity contribution in [1.29, 1.82) is 0 Å². The minimum Gasteiger partial charge on any atom is -0.507 e. The summed E-state index contributed by atoms with van der Waals surface area (Å²) >= 11 is 0. The van der Waals surface area contributed by atoms with Crippen LogP contribution in [0.4, 0.5) is 0 Å². The maximum Gasteiger partial charge on any atom is 0.295 e. The topological polar surface area (TPSA) is 76.1 Å². The molecule has 0 radical (unpaired) electrons. The number of aliphatic hydroxyl groups excluding tert-OH is 1. The number of aliphatic hydroxyl groups is 1. The average Bonchev–Trinajstić information content (AvgIpc) is 3.34. The highest BCUT2D eigenvalue weighted by Crippen LogP contribution is 2.40. The second-order valence-corrected chi connectivity index (χ2v) is 7.54. The Morgan fingerprint density at radius 3 is 2.67 bits per heavy atom. The van der Waals surface area contributed by atoms with E-state index in [0.717, 1.165) is 36.1 Å². The number of amides is 1. The molecule has 2 aliphatic rings. The van der Waals surface area contributed by atoms with Gasteiger partial charge in [-0.2, -0.15) is 0 Å². The Hall–Kier alpha value is -3.28. The fraction of sp³-hybridized carbons (Fsp3) is 0.333. The lowest BCUT2D eigenvalue weighted by Crippen LogP contribution is -2.30. The van der Waals surface area contributed by atoms with Crippen LogP contribution in [0.1, 0.15) is 42.5 Å². The first-order valence-electron chi connectivity index (χ1n) is 10.2. The lowest BCUT2D eigenvalue weighted by molar-refractivity contribution is -0.139. The van der Waals surface area contributed by atoms with E-state index in [2.05, 4.69) is 0 Å². The molecule has 0 aliphatic carbocycles. The zero-order valence-corrected chi connectivity index (χ0v) is 17.2. The van der Waals surface area contributed by atoms with Gasteiger partial charge in [0.25, 0.3) is 11.7 Å². The predicted molar refractivity (Wildman–Crippen MR) is 113 cm³/mol. The fourth-order valence-electron chi connectivity index (χ4n) is 4.06. The second kappa shape index (κ2) is 8.22. The highest BCUT2D eigenvalue weighted by Gasteiger charge is 2.45. The summed E-state index contributed by atoms with van der Waals surface area (Å²) in [7, 11) is 1.58. The van der Waals surface area contributed by atoms with Gasteiger partial charge in [-0.15, -0.1) is 0 Å². The van der Waals surface area contributed by atoms with Gasteiger partial charge >= 0.3 is 0 Å². The maximum atomic E-state index is 13.0. The Labute approximate surface area is 175 Å². The van der Waals surface area contributed by atoms with E-state index in [9.17, 15) is 14.7 Å². The van der Waals surface area contributed by atoms with Gasteiger partial charge in [-0.3, -0.25) is 9.59 Å². The quantitative estimate of drug-likeness (QED) is 0.447. The number of ether oxygens (including phenoxy) is 2. The number of benzene rings is 2. The summed E-state index contributed by atoms with van der Waals surface area (Å²) in [4.78, 5) is 27.4. The molecule has 6 heteroatoms. The predicted octanol–water partition coefficient (Wildman–Crippen LogP) is 3.85. The number of ketones is 1. The van der Waals surface area contributed by atoms with Crippen LogP contribution >= 0.6 is 0 Å². The third kappa shape index (κ3) is 3.43. The lowest BCUT2D eigenvalue weighted by Gasteiger charge is -2.25. The van der Waals surface area contributed by atoms with Gasteiger partial charge in [-0.05, 0) is 47.9 Å². The molecule has 1 unspecified atom stereocenters. The average molecular weight is 407 g/mol. The zero-order chi connectivity index (χ0) is 21.3. The molecule has 30 heavy (non-hydrogen) atoms. The molecule has 1 atom stereocenters. The molecule has 2 heterocycles. The van der Waals surface area contributed by atoms with Gasteiger partial charge in [0.05, 0.1) is 25.3 Å². The van der Waals surface area contributed by atoms with Crippen LogP contribution in [0.3, 0.4) is 0 Å². The van der Waals surface area contributed by atoms with Crippen molar-refractivity contribution < 1.29 is 24.2 Å². The zero-order valence-electron chi connectivity index (χ0n) is 17.2. The molecular formula is C24H25NO5. The first-order valence-corrected chi connectivity index (χ1v) is 10.2. The van der Waals surface area contributed by atoms with Crippen LogP contribution in [-0.4, -0.2) is 42.0 Å². The third-order valence-corrected chi connectivity index (χ3v) is 5.69. The monoisotopic (exact) mass is 407 g/mol. The Bertz CT molecular complexity index is 1010. The molecular weight excluding hydrogens is 382 g/mol. The van der Waals surface area contributed by atoms with Crippen molar-refractivity contribution in [1.82, 2.24) is 4.90 Å². The van der Waals surface area contributed by atoms with Gasteiger partial charge in [-0.1, -0.05) is 25.5 Å². The van der Waals surface area contributed by atoms with Crippen molar-refractivity contribution in [3.63, 3.8) is 0 Å². The van der Waals surface area contributed by atoms with E-state index >= 15 is 0 Å². The molecule has 4 rings (SSSR count). The van der Waals surface area contributed by atoms with Gasteiger partial charge in [0.1, 0.15) is 17.3 Å². The van der Waals surface area contributed by atoms with Crippen molar-refractivity contribution in [2.24, 2.45) is 0 Å². The summed E-state index contributed by atoms with van der Waals surface area (Å²) in [6, 6.07) is 12.0. The van der Waals surface area contributed by atoms with E-state index in [1.165, 1.54) is 0 Å². The van der Waals surface area contributed by atoms with Gasteiger partial charge in [0.2, 0.25) is 0 Å². The van der Waals surface area contributed by atoms with Crippen LogP contribution in [0.25, 0.3) is 5.76 Å². The third-order valence-electron chi connectivity index (χ3n) is 5.69. The van der Waals surface area contributed by atoms with E-state index in [1.807, 2.05) is 25.1 Å². The van der Waals surface area contributed by atoms with Crippen LogP contribution in [0.2, 0.25) is 0 Å². The summed E-state index contributed by atoms with van der Waals surface area (Å²) in [5.74, 6) is 0.101. The highest BCUT2D eigenvalue weighted by atomic mass is 16.5. The molecule has 1 amide bonds. The van der Waals surface area contributed by atoms with E-state index in [0.29, 0.717) is 24.5 Å². The summed E-state index contributed by atoms with van der Waals surface area (Å²) in [5.41, 5.74) is 2.39. The lowest BCUT2D eigenvalue weighted by atomic mass is 9.94. The van der Waals surface area contributed by atoms with Crippen LogP contribution in [0.5, 0.6) is 11.5 Å². The number of rotatable bonds is 6. The molecule has 2 aromatic carbocycles. The van der Waals surface area contributed by atoms with Crippen LogP contribution in [-0.2, 0) is 16.0 Å². The number of methoxy groups -OCH3 is 1. The molecule has 0 bridgehead atoms. The van der Waals surface area contributed by atoms with Gasteiger partial charge < -0.3 is 19.5 Å². The molecule has 6 nitrogen and oxygen atoms in total. The number of hydrogen-bond donors (Lipinski definition) is 1. The van der Waals surface area contributed by atoms with Crippen molar-refractivity contribution in [3.8, 4) is 11.5 Å². The van der Waals surface area contributed by atoms with Crippen LogP contribution in [0.15, 0.2) is 48.0 Å². The Morgan fingerprint density at radius 2 is 1.97 bits per heavy atom. The molecule has 156 valence electrons. The number of fused-ring (bicyclic) bond motifs is 1. The number of likely N-dealkylation sites (tertiary alicyclic amines) is 1. The van der Waals surface area contributed by atoms with Crippen molar-refractivity contribution in [2.45, 2.75) is 32.2 Å². The molecule has 1 N–H and O–H groups in total. The molecule has 0 aromatic heterocycles. The van der Waals surface area contributed by atoms with Gasteiger partial charge in [0, 0.05) is 18.5 Å². The maximum absolute atomic E-state index is 13.0. The van der Waals surface area contributed by atoms with Crippen LogP contribution < -0.4 is 9.47 Å². The second-order valence-electron chi connectivity index (χ2n) is 7.54. The van der Waals surface area contributed by atoms with Gasteiger partial charge in [-0.25, -0.2) is 0 Å². The Kier molecular flexibility index (Phi) is 5.48. The number of carbonyl (C=O) groups is 2. The normalized spacial score (nSPS) is 19.7. The first-order chi connectivity index (χ1) is 14.5. The molecule has 1 fully saturated rings. The number of unbranched alkanes of at least 4 members (excludes halogenated alkanes) is 1. The fourth-order valence-corrected chi connectivity index (χ4v) is 4.06. The minimum atomic E-state index is -0.652. The number of nitrogens with zero attached hydrogens (tertiary/aromatic N) is 1. The van der Waals surface area contributed by atoms with Gasteiger partial charge in [0.15, 0.2) is 0 Å². The first kappa shape index (κ1) is 20.0. The Balaban J connectivity index is 1.82. The molecule has 2 aromatic rings. The summed E-state index contributed by atoms with van der Waals surface area (Å²) in [6.45, 7) is 3.09. The van der Waals surface area contributed by atoms with Crippen molar-refractivity contribution in [3.05, 3.63) is 64.7 Å². The number of Topliss-reactive ketones (excluding diaryl/α,β-unsaturated/α-hetero) is 1. The Morgan fingerprint density at radius 1 is 1.20 bits per heavy atom. The summed E-state index contributed by atoms with van der Waals surface area (Å²) < 4.78 is 10.8. The molecule has 0 spiro atoms. The molecule has 2 aliphatic heterocycles.